The molecule has 0 spiro atoms. The molecular weight excluding hydrogens is 220 g/mol. The lowest BCUT2D eigenvalue weighted by Gasteiger charge is -2.15. The summed E-state index contributed by atoms with van der Waals surface area (Å²) in [5.41, 5.74) is 0. The zero-order chi connectivity index (χ0) is 12.9. The second-order valence-corrected chi connectivity index (χ2v) is 3.50. The fourth-order valence-corrected chi connectivity index (χ4v) is 0.968. The number of ketones is 2. The topological polar surface area (TPSA) is 135 Å². The van der Waals surface area contributed by atoms with Crippen molar-refractivity contribution >= 4 is 11.6 Å². The van der Waals surface area contributed by atoms with Crippen molar-refractivity contribution in [3.63, 3.8) is 0 Å². The molecular formula is C9H16O7. The van der Waals surface area contributed by atoms with Crippen LogP contribution in [0.4, 0.5) is 0 Å². The number of aliphatic hydroxyl groups excluding tert-OH is 5. The maximum absolute atomic E-state index is 11.2. The highest BCUT2D eigenvalue weighted by molar-refractivity contribution is 6.40. The molecule has 7 nitrogen and oxygen atoms in total. The first-order valence-electron chi connectivity index (χ1n) is 4.72. The summed E-state index contributed by atoms with van der Waals surface area (Å²) >= 11 is 0. The number of hydrogen-bond donors (Lipinski definition) is 5. The zero-order valence-corrected chi connectivity index (χ0v) is 8.78. The van der Waals surface area contributed by atoms with Crippen molar-refractivity contribution in [2.24, 2.45) is 0 Å². The van der Waals surface area contributed by atoms with Crippen molar-refractivity contribution in [2.75, 3.05) is 6.61 Å². The quantitative estimate of drug-likeness (QED) is 0.297. The van der Waals surface area contributed by atoms with Crippen LogP contribution in [0, 0.1) is 0 Å². The molecule has 94 valence electrons. The summed E-state index contributed by atoms with van der Waals surface area (Å²) in [6, 6.07) is 0. The summed E-state index contributed by atoms with van der Waals surface area (Å²) in [6.45, 7) is 0.461. The summed E-state index contributed by atoms with van der Waals surface area (Å²) in [5.74, 6) is -2.63. The van der Waals surface area contributed by atoms with E-state index in [1.807, 2.05) is 0 Å². The van der Waals surface area contributed by atoms with E-state index in [1.54, 1.807) is 0 Å². The Morgan fingerprint density at radius 2 is 1.56 bits per heavy atom. The van der Waals surface area contributed by atoms with Crippen molar-refractivity contribution in [3.05, 3.63) is 0 Å². The van der Waals surface area contributed by atoms with E-state index in [9.17, 15) is 14.7 Å². The fraction of sp³-hybridized carbons (Fsp3) is 0.778. The predicted octanol–water partition coefficient (Wildman–Crippen LogP) is -3.03. The van der Waals surface area contributed by atoms with Crippen molar-refractivity contribution in [2.45, 2.75) is 37.8 Å². The summed E-state index contributed by atoms with van der Waals surface area (Å²) < 4.78 is 0. The van der Waals surface area contributed by atoms with E-state index < -0.39 is 49.0 Å². The highest BCUT2D eigenvalue weighted by atomic mass is 16.3. The fourth-order valence-electron chi connectivity index (χ4n) is 0.968. The molecule has 0 bridgehead atoms. The first-order valence-corrected chi connectivity index (χ1v) is 4.72. The molecule has 0 radical (unpaired) electrons. The minimum atomic E-state index is -1.89. The van der Waals surface area contributed by atoms with Crippen LogP contribution >= 0.6 is 0 Å². The van der Waals surface area contributed by atoms with E-state index in [4.69, 9.17) is 20.4 Å². The standard InChI is InChI=1S/C9H16O7/c1-4(11)7(14)9(16)8(15)6(13)2-5(12)3-10/h4-7,10-14H,2-3H2,1H3/t4-,5?,6?,7+/m1/s1. The van der Waals surface area contributed by atoms with Crippen LogP contribution in [0.3, 0.4) is 0 Å². The molecule has 0 amide bonds. The number of carbonyl (C=O) groups is 2. The molecule has 0 heterocycles. The first-order chi connectivity index (χ1) is 7.31. The first kappa shape index (κ1) is 15.1. The van der Waals surface area contributed by atoms with Crippen molar-refractivity contribution in [3.8, 4) is 0 Å². The third kappa shape index (κ3) is 4.33. The average Bonchev–Trinajstić information content (AvgIpc) is 2.25. The molecule has 0 aromatic carbocycles. The summed E-state index contributed by atoms with van der Waals surface area (Å²) in [7, 11) is 0. The molecule has 0 aromatic heterocycles. The Morgan fingerprint density at radius 3 is 1.94 bits per heavy atom. The Kier molecular flexibility index (Phi) is 6.31. The Bertz CT molecular complexity index is 250. The van der Waals surface area contributed by atoms with E-state index in [-0.39, 0.29) is 0 Å². The third-order valence-electron chi connectivity index (χ3n) is 1.98. The molecule has 0 rings (SSSR count). The van der Waals surface area contributed by atoms with Gasteiger partial charge in [0, 0.05) is 6.42 Å². The Balaban J connectivity index is 4.38. The highest BCUT2D eigenvalue weighted by Crippen LogP contribution is 2.03. The molecule has 0 fully saturated rings. The van der Waals surface area contributed by atoms with Gasteiger partial charge in [-0.1, -0.05) is 0 Å². The normalized spacial score (nSPS) is 18.6. The predicted molar refractivity (Wildman–Crippen MR) is 51.4 cm³/mol. The third-order valence-corrected chi connectivity index (χ3v) is 1.98. The van der Waals surface area contributed by atoms with Gasteiger partial charge in [0.05, 0.1) is 18.8 Å². The number of aliphatic hydroxyl groups is 5. The SMILES string of the molecule is C[C@@H](O)[C@H](O)C(=O)C(=O)C(O)CC(O)CO. The molecule has 0 aliphatic heterocycles. The molecule has 0 saturated heterocycles. The molecule has 0 aliphatic rings. The van der Waals surface area contributed by atoms with Crippen LogP contribution in [0.15, 0.2) is 0 Å². The minimum Gasteiger partial charge on any atom is -0.394 e. The maximum atomic E-state index is 11.2. The molecule has 5 N–H and O–H groups in total. The van der Waals surface area contributed by atoms with Gasteiger partial charge in [0.2, 0.25) is 11.6 Å². The van der Waals surface area contributed by atoms with E-state index >= 15 is 0 Å². The van der Waals surface area contributed by atoms with Gasteiger partial charge in [-0.3, -0.25) is 9.59 Å². The van der Waals surface area contributed by atoms with Gasteiger partial charge in [-0.25, -0.2) is 0 Å². The molecule has 0 aliphatic carbocycles. The Morgan fingerprint density at radius 1 is 1.06 bits per heavy atom. The number of carbonyl (C=O) groups excluding carboxylic acids is 2. The van der Waals surface area contributed by atoms with Crippen LogP contribution in [0.25, 0.3) is 0 Å². The van der Waals surface area contributed by atoms with Crippen LogP contribution < -0.4 is 0 Å². The monoisotopic (exact) mass is 236 g/mol. The number of Topliss-reactive ketones (excluding diaryl/α,β-unsaturated/α-hetero) is 2. The van der Waals surface area contributed by atoms with E-state index in [0.29, 0.717) is 0 Å². The summed E-state index contributed by atoms with van der Waals surface area (Å²) in [4.78, 5) is 22.3. The van der Waals surface area contributed by atoms with Gasteiger partial charge in [0.25, 0.3) is 0 Å². The average molecular weight is 236 g/mol. The second kappa shape index (κ2) is 6.66. The van der Waals surface area contributed by atoms with Gasteiger partial charge in [-0.2, -0.15) is 0 Å². The van der Waals surface area contributed by atoms with Gasteiger partial charge >= 0.3 is 0 Å². The summed E-state index contributed by atoms with van der Waals surface area (Å²) in [5, 5.41) is 44.5. The molecule has 0 aromatic rings. The van der Waals surface area contributed by atoms with Crippen molar-refractivity contribution in [1.29, 1.82) is 0 Å². The van der Waals surface area contributed by atoms with Crippen LogP contribution in [-0.2, 0) is 9.59 Å². The van der Waals surface area contributed by atoms with Gasteiger partial charge in [-0.05, 0) is 6.92 Å². The van der Waals surface area contributed by atoms with Crippen LogP contribution in [0.5, 0.6) is 0 Å². The van der Waals surface area contributed by atoms with Gasteiger partial charge < -0.3 is 25.5 Å². The van der Waals surface area contributed by atoms with Crippen LogP contribution in [0.1, 0.15) is 13.3 Å². The second-order valence-electron chi connectivity index (χ2n) is 3.50. The van der Waals surface area contributed by atoms with E-state index in [0.717, 1.165) is 6.92 Å². The molecule has 0 saturated carbocycles. The Labute approximate surface area is 92.0 Å². The van der Waals surface area contributed by atoms with Gasteiger partial charge in [0.15, 0.2) is 0 Å². The molecule has 2 unspecified atom stereocenters. The van der Waals surface area contributed by atoms with Crippen molar-refractivity contribution < 1.29 is 35.1 Å². The number of rotatable bonds is 7. The van der Waals surface area contributed by atoms with Gasteiger partial charge in [-0.15, -0.1) is 0 Å². The zero-order valence-electron chi connectivity index (χ0n) is 8.78. The lowest BCUT2D eigenvalue weighted by Crippen LogP contribution is -2.42. The molecule has 7 heteroatoms. The highest BCUT2D eigenvalue weighted by Gasteiger charge is 2.32. The lowest BCUT2D eigenvalue weighted by atomic mass is 10.00. The Hall–Kier alpha value is -0.860. The molecule has 16 heavy (non-hydrogen) atoms. The maximum Gasteiger partial charge on any atom is 0.232 e. The summed E-state index contributed by atoms with van der Waals surface area (Å²) in [6.07, 6.45) is -6.95. The van der Waals surface area contributed by atoms with Gasteiger partial charge in [0.1, 0.15) is 12.2 Å². The minimum absolute atomic E-state index is 0.506. The van der Waals surface area contributed by atoms with Crippen LogP contribution in [-0.4, -0.2) is 68.1 Å². The molecule has 4 atom stereocenters. The smallest absolute Gasteiger partial charge is 0.232 e. The van der Waals surface area contributed by atoms with E-state index in [1.165, 1.54) is 0 Å². The lowest BCUT2D eigenvalue weighted by molar-refractivity contribution is -0.150. The van der Waals surface area contributed by atoms with E-state index in [2.05, 4.69) is 0 Å². The van der Waals surface area contributed by atoms with Crippen molar-refractivity contribution in [1.82, 2.24) is 0 Å². The number of hydrogen-bond acceptors (Lipinski definition) is 7. The van der Waals surface area contributed by atoms with Crippen LogP contribution in [0.2, 0.25) is 0 Å². The largest absolute Gasteiger partial charge is 0.394 e.